The maximum Gasteiger partial charge on any atom is 0.130 e. The van der Waals surface area contributed by atoms with Crippen molar-refractivity contribution in [3.63, 3.8) is 0 Å². The molecule has 2 rings (SSSR count). The number of anilines is 1. The van der Waals surface area contributed by atoms with Crippen LogP contribution in [0.5, 0.6) is 11.5 Å². The molecule has 20 heavy (non-hydrogen) atoms. The van der Waals surface area contributed by atoms with Gasteiger partial charge in [0.25, 0.3) is 0 Å². The zero-order valence-electron chi connectivity index (χ0n) is 12.8. The minimum Gasteiger partial charge on any atom is -0.457 e. The molecule has 0 bridgehead atoms. The first-order chi connectivity index (χ1) is 9.63. The lowest BCUT2D eigenvalue weighted by atomic mass is 10.1. The molecule has 0 aliphatic carbocycles. The molecule has 0 fully saturated rings. The fraction of sp³-hybridized carbons (Fsp3) is 0.333. The highest BCUT2D eigenvalue weighted by atomic mass is 16.5. The first-order valence-electron chi connectivity index (χ1n) is 7.24. The van der Waals surface area contributed by atoms with E-state index < -0.39 is 0 Å². The smallest absolute Gasteiger partial charge is 0.130 e. The van der Waals surface area contributed by atoms with E-state index >= 15 is 0 Å². The predicted octanol–water partition coefficient (Wildman–Crippen LogP) is 4.94. The predicted molar refractivity (Wildman–Crippen MR) is 86.0 cm³/mol. The molecule has 0 aliphatic rings. The average molecular weight is 269 g/mol. The molecule has 0 heterocycles. The third-order valence-electron chi connectivity index (χ3n) is 3.52. The van der Waals surface area contributed by atoms with Crippen molar-refractivity contribution in [3.05, 3.63) is 53.6 Å². The van der Waals surface area contributed by atoms with E-state index in [1.165, 1.54) is 11.3 Å². The van der Waals surface area contributed by atoms with Gasteiger partial charge in [-0.15, -0.1) is 0 Å². The highest BCUT2D eigenvalue weighted by Gasteiger charge is 2.04. The van der Waals surface area contributed by atoms with Crippen LogP contribution >= 0.6 is 0 Å². The van der Waals surface area contributed by atoms with Gasteiger partial charge in [0.1, 0.15) is 11.5 Å². The number of nitrogens with zero attached hydrogens (tertiary/aromatic N) is 1. The lowest BCUT2D eigenvalue weighted by molar-refractivity contribution is 0.479. The third kappa shape index (κ3) is 3.32. The first-order valence-corrected chi connectivity index (χ1v) is 7.24. The second-order valence-electron chi connectivity index (χ2n) is 5.04. The molecule has 2 nitrogen and oxygen atoms in total. The highest BCUT2D eigenvalue weighted by Crippen LogP contribution is 2.27. The minimum absolute atomic E-state index is 0.882. The summed E-state index contributed by atoms with van der Waals surface area (Å²) in [5, 5.41) is 0. The highest BCUT2D eigenvalue weighted by molar-refractivity contribution is 5.50. The number of hydrogen-bond acceptors (Lipinski definition) is 2. The molecule has 0 N–H and O–H groups in total. The topological polar surface area (TPSA) is 12.5 Å². The number of aryl methyl sites for hydroxylation is 2. The van der Waals surface area contributed by atoms with E-state index in [1.807, 2.05) is 18.2 Å². The van der Waals surface area contributed by atoms with E-state index in [0.29, 0.717) is 0 Å². The molecule has 0 aliphatic heterocycles. The van der Waals surface area contributed by atoms with Crippen LogP contribution in [0.25, 0.3) is 0 Å². The largest absolute Gasteiger partial charge is 0.457 e. The summed E-state index contributed by atoms with van der Waals surface area (Å²) in [6, 6.07) is 14.5. The summed E-state index contributed by atoms with van der Waals surface area (Å²) in [4.78, 5) is 2.32. The maximum atomic E-state index is 5.95. The van der Waals surface area contributed by atoms with E-state index in [9.17, 15) is 0 Å². The number of benzene rings is 2. The summed E-state index contributed by atoms with van der Waals surface area (Å²) in [7, 11) is 0. The second kappa shape index (κ2) is 6.47. The van der Waals surface area contributed by atoms with Gasteiger partial charge in [0.2, 0.25) is 0 Å². The maximum absolute atomic E-state index is 5.95. The van der Waals surface area contributed by atoms with Crippen LogP contribution in [0, 0.1) is 13.8 Å². The normalized spacial score (nSPS) is 10.4. The molecule has 0 spiro atoms. The molecule has 0 amide bonds. The summed E-state index contributed by atoms with van der Waals surface area (Å²) < 4.78 is 5.95. The first kappa shape index (κ1) is 14.4. The van der Waals surface area contributed by atoms with E-state index in [0.717, 1.165) is 30.2 Å². The Morgan fingerprint density at radius 1 is 0.900 bits per heavy atom. The summed E-state index contributed by atoms with van der Waals surface area (Å²) in [5.74, 6) is 1.80. The Balaban J connectivity index is 2.14. The van der Waals surface area contributed by atoms with Crippen molar-refractivity contribution in [3.8, 4) is 11.5 Å². The van der Waals surface area contributed by atoms with Crippen LogP contribution < -0.4 is 9.64 Å². The van der Waals surface area contributed by atoms with E-state index in [2.05, 4.69) is 56.9 Å². The van der Waals surface area contributed by atoms with Crippen LogP contribution in [0.3, 0.4) is 0 Å². The molecule has 2 aromatic rings. The van der Waals surface area contributed by atoms with E-state index in [1.54, 1.807) is 0 Å². The van der Waals surface area contributed by atoms with Crippen molar-refractivity contribution in [2.45, 2.75) is 27.7 Å². The summed E-state index contributed by atoms with van der Waals surface area (Å²) in [6.07, 6.45) is 0. The SMILES string of the molecule is CCN(CC)c1ccc(Oc2ccc(C)cc2C)cc1. The van der Waals surface area contributed by atoms with Crippen LogP contribution in [0.15, 0.2) is 42.5 Å². The molecule has 2 aromatic carbocycles. The standard InChI is InChI=1S/C18H23NO/c1-5-19(6-2)16-8-10-17(11-9-16)20-18-12-7-14(3)13-15(18)4/h7-13H,5-6H2,1-4H3. The number of rotatable bonds is 5. The molecule has 106 valence electrons. The Hall–Kier alpha value is -1.96. The zero-order chi connectivity index (χ0) is 14.5. The van der Waals surface area contributed by atoms with Gasteiger partial charge in [-0.25, -0.2) is 0 Å². The Bertz CT molecular complexity index is 556. The van der Waals surface area contributed by atoms with Crippen molar-refractivity contribution in [2.24, 2.45) is 0 Å². The molecule has 2 heteroatoms. The van der Waals surface area contributed by atoms with Gasteiger partial charge in [-0.05, 0) is 63.6 Å². The molecule has 0 saturated heterocycles. The van der Waals surface area contributed by atoms with Crippen LogP contribution in [-0.4, -0.2) is 13.1 Å². The quantitative estimate of drug-likeness (QED) is 0.762. The van der Waals surface area contributed by atoms with Gasteiger partial charge in [-0.2, -0.15) is 0 Å². The van der Waals surface area contributed by atoms with Gasteiger partial charge in [-0.1, -0.05) is 17.7 Å². The molecular weight excluding hydrogens is 246 g/mol. The van der Waals surface area contributed by atoms with Gasteiger partial charge in [0, 0.05) is 18.8 Å². The fourth-order valence-electron chi connectivity index (χ4n) is 2.35. The van der Waals surface area contributed by atoms with Crippen molar-refractivity contribution in [1.29, 1.82) is 0 Å². The van der Waals surface area contributed by atoms with Crippen molar-refractivity contribution in [2.75, 3.05) is 18.0 Å². The van der Waals surface area contributed by atoms with Gasteiger partial charge in [0.15, 0.2) is 0 Å². The lowest BCUT2D eigenvalue weighted by Gasteiger charge is -2.21. The molecule has 0 unspecified atom stereocenters. The van der Waals surface area contributed by atoms with E-state index in [-0.39, 0.29) is 0 Å². The summed E-state index contributed by atoms with van der Waals surface area (Å²) >= 11 is 0. The molecule has 0 atom stereocenters. The molecule has 0 aromatic heterocycles. The molecule has 0 radical (unpaired) electrons. The Kier molecular flexibility index (Phi) is 4.67. The van der Waals surface area contributed by atoms with Gasteiger partial charge < -0.3 is 9.64 Å². The van der Waals surface area contributed by atoms with Crippen molar-refractivity contribution in [1.82, 2.24) is 0 Å². The van der Waals surface area contributed by atoms with Crippen molar-refractivity contribution < 1.29 is 4.74 Å². The van der Waals surface area contributed by atoms with Crippen LogP contribution in [0.1, 0.15) is 25.0 Å². The van der Waals surface area contributed by atoms with Gasteiger partial charge >= 0.3 is 0 Å². The van der Waals surface area contributed by atoms with Crippen LogP contribution in [0.2, 0.25) is 0 Å². The Labute approximate surface area is 122 Å². The third-order valence-corrected chi connectivity index (χ3v) is 3.52. The fourth-order valence-corrected chi connectivity index (χ4v) is 2.35. The van der Waals surface area contributed by atoms with Crippen molar-refractivity contribution >= 4 is 5.69 Å². The van der Waals surface area contributed by atoms with Crippen LogP contribution in [-0.2, 0) is 0 Å². The number of hydrogen-bond donors (Lipinski definition) is 0. The minimum atomic E-state index is 0.882. The summed E-state index contributed by atoms with van der Waals surface area (Å²) in [5.41, 5.74) is 3.66. The van der Waals surface area contributed by atoms with E-state index in [4.69, 9.17) is 4.74 Å². The van der Waals surface area contributed by atoms with Gasteiger partial charge in [-0.3, -0.25) is 0 Å². The van der Waals surface area contributed by atoms with Gasteiger partial charge in [0.05, 0.1) is 0 Å². The Morgan fingerprint density at radius 3 is 2.10 bits per heavy atom. The lowest BCUT2D eigenvalue weighted by Crippen LogP contribution is -2.21. The van der Waals surface area contributed by atoms with Crippen LogP contribution in [0.4, 0.5) is 5.69 Å². The average Bonchev–Trinajstić information content (AvgIpc) is 2.45. The monoisotopic (exact) mass is 269 g/mol. The molecular formula is C18H23NO. The zero-order valence-corrected chi connectivity index (χ0v) is 12.8. The second-order valence-corrected chi connectivity index (χ2v) is 5.04. The Morgan fingerprint density at radius 2 is 1.55 bits per heavy atom. The number of ether oxygens (including phenoxy) is 1. The molecule has 0 saturated carbocycles. The summed E-state index contributed by atoms with van der Waals surface area (Å²) in [6.45, 7) is 10.6.